The number of amides is 1. The van der Waals surface area contributed by atoms with Gasteiger partial charge in [0.1, 0.15) is 5.75 Å². The van der Waals surface area contributed by atoms with Crippen LogP contribution in [-0.4, -0.2) is 33.7 Å². The largest absolute Gasteiger partial charge is 0.492 e. The molecule has 3 aromatic carbocycles. The van der Waals surface area contributed by atoms with E-state index in [2.05, 4.69) is 5.32 Å². The van der Waals surface area contributed by atoms with Gasteiger partial charge < -0.3 is 10.1 Å². The first-order valence-corrected chi connectivity index (χ1v) is 12.9. The lowest BCUT2D eigenvalue weighted by atomic mass is 10.2. The predicted octanol–water partition coefficient (Wildman–Crippen LogP) is 5.27. The minimum atomic E-state index is -3.72. The van der Waals surface area contributed by atoms with Gasteiger partial charge in [-0.2, -0.15) is 0 Å². The van der Waals surface area contributed by atoms with Crippen LogP contribution in [0.5, 0.6) is 5.75 Å². The third-order valence-electron chi connectivity index (χ3n) is 4.79. The summed E-state index contributed by atoms with van der Waals surface area (Å²) in [7, 11) is -3.72. The highest BCUT2D eigenvalue weighted by Gasteiger charge is 2.23. The molecule has 1 N–H and O–H groups in total. The van der Waals surface area contributed by atoms with E-state index in [1.165, 1.54) is 4.31 Å². The molecular formula is C24H26N2O4S2. The van der Waals surface area contributed by atoms with Crippen molar-refractivity contribution in [3.05, 3.63) is 78.4 Å². The smallest absolute Gasteiger partial charge is 0.264 e. The first kappa shape index (κ1) is 23.7. The quantitative estimate of drug-likeness (QED) is 0.431. The van der Waals surface area contributed by atoms with Crippen LogP contribution < -0.4 is 14.4 Å². The zero-order valence-corrected chi connectivity index (χ0v) is 19.9. The summed E-state index contributed by atoms with van der Waals surface area (Å²) in [6, 6.07) is 20.5. The van der Waals surface area contributed by atoms with E-state index in [4.69, 9.17) is 4.74 Å². The summed E-state index contributed by atoms with van der Waals surface area (Å²) >= 11 is 1.55. The number of para-hydroxylation sites is 2. The van der Waals surface area contributed by atoms with Crippen LogP contribution in [0.2, 0.25) is 0 Å². The predicted molar refractivity (Wildman–Crippen MR) is 130 cm³/mol. The Balaban J connectivity index is 1.80. The first-order valence-electron chi connectivity index (χ1n) is 10.2. The average molecular weight is 471 g/mol. The average Bonchev–Trinajstić information content (AvgIpc) is 2.81. The molecule has 0 radical (unpaired) electrons. The van der Waals surface area contributed by atoms with Crippen LogP contribution in [0.4, 0.5) is 11.4 Å². The number of sulfonamides is 1. The molecule has 0 saturated carbocycles. The van der Waals surface area contributed by atoms with Gasteiger partial charge in [0.15, 0.2) is 0 Å². The van der Waals surface area contributed by atoms with E-state index in [0.29, 0.717) is 29.3 Å². The number of hydrogen-bond acceptors (Lipinski definition) is 5. The highest BCUT2D eigenvalue weighted by molar-refractivity contribution is 7.98. The van der Waals surface area contributed by atoms with E-state index in [9.17, 15) is 13.2 Å². The maximum atomic E-state index is 13.1. The Kier molecular flexibility index (Phi) is 7.82. The van der Waals surface area contributed by atoms with E-state index in [1.807, 2.05) is 25.3 Å². The number of nitrogens with one attached hydrogen (secondary N) is 1. The number of thioether (sulfide) groups is 1. The van der Waals surface area contributed by atoms with Crippen LogP contribution in [0.1, 0.15) is 24.2 Å². The molecule has 0 aromatic heterocycles. The molecule has 0 atom stereocenters. The Morgan fingerprint density at radius 1 is 0.969 bits per heavy atom. The maximum absolute atomic E-state index is 13.1. The van der Waals surface area contributed by atoms with Gasteiger partial charge in [0.05, 0.1) is 22.9 Å². The van der Waals surface area contributed by atoms with Crippen molar-refractivity contribution >= 4 is 39.1 Å². The Morgan fingerprint density at radius 3 is 2.22 bits per heavy atom. The lowest BCUT2D eigenvalue weighted by Crippen LogP contribution is -2.30. The van der Waals surface area contributed by atoms with Crippen molar-refractivity contribution in [3.8, 4) is 5.75 Å². The summed E-state index contributed by atoms with van der Waals surface area (Å²) in [5.41, 5.74) is 1.49. The lowest BCUT2D eigenvalue weighted by molar-refractivity contribution is 0.102. The van der Waals surface area contributed by atoms with Crippen LogP contribution in [0.3, 0.4) is 0 Å². The third kappa shape index (κ3) is 5.26. The molecule has 32 heavy (non-hydrogen) atoms. The van der Waals surface area contributed by atoms with E-state index >= 15 is 0 Å². The number of ether oxygens (including phenoxy) is 1. The number of hydrogen-bond donors (Lipinski definition) is 1. The highest BCUT2D eigenvalue weighted by atomic mass is 32.2. The third-order valence-corrected chi connectivity index (χ3v) is 7.45. The van der Waals surface area contributed by atoms with Crippen LogP contribution in [0.25, 0.3) is 0 Å². The summed E-state index contributed by atoms with van der Waals surface area (Å²) in [6.07, 6.45) is 1.94. The van der Waals surface area contributed by atoms with Crippen molar-refractivity contribution in [2.24, 2.45) is 0 Å². The van der Waals surface area contributed by atoms with E-state index in [-0.39, 0.29) is 17.3 Å². The molecule has 0 unspecified atom stereocenters. The molecule has 0 spiro atoms. The number of rotatable bonds is 9. The van der Waals surface area contributed by atoms with Gasteiger partial charge in [-0.25, -0.2) is 8.42 Å². The second-order valence-electron chi connectivity index (χ2n) is 6.78. The van der Waals surface area contributed by atoms with Gasteiger partial charge in [0.2, 0.25) is 0 Å². The van der Waals surface area contributed by atoms with Crippen molar-refractivity contribution in [1.29, 1.82) is 0 Å². The molecule has 0 bridgehead atoms. The molecule has 0 fully saturated rings. The topological polar surface area (TPSA) is 75.7 Å². The fourth-order valence-electron chi connectivity index (χ4n) is 3.19. The number of anilines is 2. The summed E-state index contributed by atoms with van der Waals surface area (Å²) in [4.78, 5) is 13.9. The SMILES string of the molecule is CCOc1ccccc1NC(=O)c1ccc(N(CC)S(=O)(=O)c2ccc(SC)cc2)cc1. The Labute approximate surface area is 193 Å². The molecule has 0 saturated heterocycles. The molecule has 3 aromatic rings. The van der Waals surface area contributed by atoms with Crippen molar-refractivity contribution in [2.45, 2.75) is 23.6 Å². The van der Waals surface area contributed by atoms with E-state index < -0.39 is 10.0 Å². The zero-order valence-electron chi connectivity index (χ0n) is 18.2. The maximum Gasteiger partial charge on any atom is 0.264 e. The van der Waals surface area contributed by atoms with Crippen LogP contribution in [0.15, 0.2) is 82.6 Å². The normalized spacial score (nSPS) is 11.1. The van der Waals surface area contributed by atoms with E-state index in [0.717, 1.165) is 4.90 Å². The molecule has 8 heteroatoms. The summed E-state index contributed by atoms with van der Waals surface area (Å²) in [5.74, 6) is 0.290. The van der Waals surface area contributed by atoms with Crippen LogP contribution in [0, 0.1) is 0 Å². The molecule has 1 amide bonds. The van der Waals surface area contributed by atoms with Gasteiger partial charge in [0, 0.05) is 17.0 Å². The molecule has 0 aliphatic rings. The molecule has 0 aliphatic heterocycles. The highest BCUT2D eigenvalue weighted by Crippen LogP contribution is 2.27. The van der Waals surface area contributed by atoms with Gasteiger partial charge >= 0.3 is 0 Å². The van der Waals surface area contributed by atoms with Gasteiger partial charge in [-0.15, -0.1) is 11.8 Å². The van der Waals surface area contributed by atoms with Gasteiger partial charge in [-0.1, -0.05) is 12.1 Å². The van der Waals surface area contributed by atoms with Crippen LogP contribution >= 0.6 is 11.8 Å². The second kappa shape index (κ2) is 10.6. The number of carbonyl (C=O) groups is 1. The fraction of sp³-hybridized carbons (Fsp3) is 0.208. The first-order chi connectivity index (χ1) is 15.4. The van der Waals surface area contributed by atoms with Gasteiger partial charge in [-0.3, -0.25) is 9.10 Å². The number of benzene rings is 3. The number of nitrogens with zero attached hydrogens (tertiary/aromatic N) is 1. The van der Waals surface area contributed by atoms with Crippen molar-refractivity contribution in [2.75, 3.05) is 29.0 Å². The molecule has 3 rings (SSSR count). The minimum Gasteiger partial charge on any atom is -0.492 e. The summed E-state index contributed by atoms with van der Waals surface area (Å²) in [6.45, 7) is 4.41. The Bertz CT molecular complexity index is 1160. The molecule has 168 valence electrons. The minimum absolute atomic E-state index is 0.228. The van der Waals surface area contributed by atoms with Crippen molar-refractivity contribution in [3.63, 3.8) is 0 Å². The van der Waals surface area contributed by atoms with Crippen molar-refractivity contribution in [1.82, 2.24) is 0 Å². The van der Waals surface area contributed by atoms with E-state index in [1.54, 1.807) is 79.3 Å². The standard InChI is InChI=1S/C24H26N2O4S2/c1-4-26(32(28,29)21-16-14-20(31-3)15-17-21)19-12-10-18(11-13-19)24(27)25-22-8-6-7-9-23(22)30-5-2/h6-17H,4-5H2,1-3H3,(H,25,27). The van der Waals surface area contributed by atoms with Gasteiger partial charge in [0.25, 0.3) is 15.9 Å². The lowest BCUT2D eigenvalue weighted by Gasteiger charge is -2.23. The summed E-state index contributed by atoms with van der Waals surface area (Å²) in [5, 5.41) is 2.84. The summed E-state index contributed by atoms with van der Waals surface area (Å²) < 4.78 is 33.2. The fourth-order valence-corrected chi connectivity index (χ4v) is 5.07. The molecule has 0 heterocycles. The van der Waals surface area contributed by atoms with Crippen LogP contribution in [-0.2, 0) is 10.0 Å². The molecule has 6 nitrogen and oxygen atoms in total. The Morgan fingerprint density at radius 2 is 1.62 bits per heavy atom. The van der Waals surface area contributed by atoms with Gasteiger partial charge in [-0.05, 0) is 80.8 Å². The Hall–Kier alpha value is -2.97. The second-order valence-corrected chi connectivity index (χ2v) is 9.52. The number of carbonyl (C=O) groups excluding carboxylic acids is 1. The molecular weight excluding hydrogens is 444 g/mol. The monoisotopic (exact) mass is 470 g/mol. The van der Waals surface area contributed by atoms with Crippen molar-refractivity contribution < 1.29 is 17.9 Å². The zero-order chi connectivity index (χ0) is 23.1. The molecule has 0 aliphatic carbocycles.